The fourth-order valence-corrected chi connectivity index (χ4v) is 2.30. The minimum absolute atomic E-state index is 0.0836. The third-order valence-electron chi connectivity index (χ3n) is 1.73. The molecule has 1 aromatic heterocycles. The molecule has 0 aliphatic rings. The molecule has 3 nitrogen and oxygen atoms in total. The van der Waals surface area contributed by atoms with Gasteiger partial charge in [0.15, 0.2) is 3.95 Å². The van der Waals surface area contributed by atoms with E-state index < -0.39 is 18.6 Å². The number of rotatable bonds is 3. The second-order valence-electron chi connectivity index (χ2n) is 3.13. The monoisotopic (exact) mass is 270 g/mol. The van der Waals surface area contributed by atoms with Crippen molar-refractivity contribution in [2.75, 3.05) is 6.54 Å². The summed E-state index contributed by atoms with van der Waals surface area (Å²) in [7, 11) is 0. The van der Waals surface area contributed by atoms with Crippen molar-refractivity contribution in [1.82, 2.24) is 10.3 Å². The van der Waals surface area contributed by atoms with Crippen LogP contribution in [0.25, 0.3) is 0 Å². The van der Waals surface area contributed by atoms with Gasteiger partial charge in [-0.2, -0.15) is 13.2 Å². The molecule has 0 aromatic carbocycles. The Morgan fingerprint density at radius 2 is 2.19 bits per heavy atom. The molecule has 0 saturated carbocycles. The van der Waals surface area contributed by atoms with Crippen LogP contribution in [-0.4, -0.2) is 23.6 Å². The van der Waals surface area contributed by atoms with Gasteiger partial charge in [-0.3, -0.25) is 4.79 Å². The summed E-state index contributed by atoms with van der Waals surface area (Å²) in [6, 6.07) is 0. The van der Waals surface area contributed by atoms with E-state index in [1.165, 1.54) is 11.3 Å². The maximum Gasteiger partial charge on any atom is 0.405 e. The van der Waals surface area contributed by atoms with Gasteiger partial charge in [0, 0.05) is 10.6 Å². The third-order valence-corrected chi connectivity index (χ3v) is 3.07. The number of aromatic amines is 1. The standard InChI is InChI=1S/C8H9F3N2OS2/c1-4-5(16-7(15)13-4)2-6(14)12-3-8(9,10)11/h2-3H2,1H3,(H,12,14)(H,13,15). The number of hydrogen-bond acceptors (Lipinski definition) is 3. The van der Waals surface area contributed by atoms with Gasteiger partial charge in [0.05, 0.1) is 6.42 Å². The molecule has 0 bridgehead atoms. The van der Waals surface area contributed by atoms with Crippen LogP contribution in [0.1, 0.15) is 10.6 Å². The van der Waals surface area contributed by atoms with Crippen molar-refractivity contribution < 1.29 is 18.0 Å². The molecule has 0 aliphatic carbocycles. The molecule has 0 unspecified atom stereocenters. The molecule has 0 aliphatic heterocycles. The molecular weight excluding hydrogens is 261 g/mol. The minimum Gasteiger partial charge on any atom is -0.347 e. The normalized spacial score (nSPS) is 11.5. The lowest BCUT2D eigenvalue weighted by Gasteiger charge is -2.07. The molecule has 0 saturated heterocycles. The van der Waals surface area contributed by atoms with E-state index in [1.54, 1.807) is 12.2 Å². The van der Waals surface area contributed by atoms with Gasteiger partial charge in [-0.15, -0.1) is 11.3 Å². The van der Waals surface area contributed by atoms with Crippen LogP contribution in [-0.2, 0) is 11.2 Å². The number of amides is 1. The Labute approximate surface area is 98.7 Å². The smallest absolute Gasteiger partial charge is 0.347 e. The molecule has 8 heteroatoms. The van der Waals surface area contributed by atoms with E-state index in [4.69, 9.17) is 12.2 Å². The van der Waals surface area contributed by atoms with Crippen molar-refractivity contribution in [2.45, 2.75) is 19.5 Å². The van der Waals surface area contributed by atoms with Gasteiger partial charge < -0.3 is 10.3 Å². The molecule has 0 atom stereocenters. The summed E-state index contributed by atoms with van der Waals surface area (Å²) >= 11 is 6.04. The molecule has 90 valence electrons. The van der Waals surface area contributed by atoms with Crippen molar-refractivity contribution >= 4 is 29.5 Å². The van der Waals surface area contributed by atoms with E-state index in [9.17, 15) is 18.0 Å². The Morgan fingerprint density at radius 1 is 1.56 bits per heavy atom. The number of aryl methyl sites for hydroxylation is 1. The number of aromatic nitrogens is 1. The highest BCUT2D eigenvalue weighted by Crippen LogP contribution is 2.16. The predicted octanol–water partition coefficient (Wildman–Crippen LogP) is 2.34. The molecule has 1 amide bonds. The summed E-state index contributed by atoms with van der Waals surface area (Å²) in [4.78, 5) is 14.6. The lowest BCUT2D eigenvalue weighted by Crippen LogP contribution is -2.34. The molecule has 1 aromatic rings. The van der Waals surface area contributed by atoms with E-state index in [1.807, 2.05) is 0 Å². The van der Waals surface area contributed by atoms with Crippen molar-refractivity contribution in [3.8, 4) is 0 Å². The second-order valence-corrected chi connectivity index (χ2v) is 4.90. The van der Waals surface area contributed by atoms with Crippen molar-refractivity contribution in [2.24, 2.45) is 0 Å². The fraction of sp³-hybridized carbons (Fsp3) is 0.500. The van der Waals surface area contributed by atoms with Crippen LogP contribution in [0.3, 0.4) is 0 Å². The second kappa shape index (κ2) is 4.96. The molecule has 0 radical (unpaired) electrons. The first-order chi connectivity index (χ1) is 7.28. The SMILES string of the molecule is Cc1[nH]c(=S)sc1CC(=O)NCC(F)(F)F. The van der Waals surface area contributed by atoms with E-state index >= 15 is 0 Å². The highest BCUT2D eigenvalue weighted by molar-refractivity contribution is 7.73. The van der Waals surface area contributed by atoms with Crippen LogP contribution in [0.2, 0.25) is 0 Å². The lowest BCUT2D eigenvalue weighted by atomic mass is 10.3. The summed E-state index contributed by atoms with van der Waals surface area (Å²) < 4.78 is 35.9. The zero-order valence-corrected chi connectivity index (χ0v) is 9.91. The summed E-state index contributed by atoms with van der Waals surface area (Å²) in [5.74, 6) is -0.661. The summed E-state index contributed by atoms with van der Waals surface area (Å²) in [6.07, 6.45) is -4.46. The van der Waals surface area contributed by atoms with Gasteiger partial charge in [0.1, 0.15) is 6.54 Å². The predicted molar refractivity (Wildman–Crippen MR) is 57.0 cm³/mol. The number of carbonyl (C=O) groups is 1. The number of nitrogens with one attached hydrogen (secondary N) is 2. The van der Waals surface area contributed by atoms with Crippen molar-refractivity contribution in [3.05, 3.63) is 14.5 Å². The lowest BCUT2D eigenvalue weighted by molar-refractivity contribution is -0.138. The quantitative estimate of drug-likeness (QED) is 0.828. The number of hydrogen-bond donors (Lipinski definition) is 2. The first-order valence-corrected chi connectivity index (χ1v) is 5.52. The molecule has 1 heterocycles. The van der Waals surface area contributed by atoms with Crippen LogP contribution in [0.15, 0.2) is 0 Å². The van der Waals surface area contributed by atoms with E-state index in [0.717, 1.165) is 5.69 Å². The Morgan fingerprint density at radius 3 is 2.62 bits per heavy atom. The van der Waals surface area contributed by atoms with Gasteiger partial charge in [-0.05, 0) is 19.1 Å². The van der Waals surface area contributed by atoms with E-state index in [0.29, 0.717) is 8.83 Å². The number of thiazole rings is 1. The largest absolute Gasteiger partial charge is 0.405 e. The van der Waals surface area contributed by atoms with Gasteiger partial charge in [-0.1, -0.05) is 0 Å². The van der Waals surface area contributed by atoms with Crippen LogP contribution in [0.4, 0.5) is 13.2 Å². The fourth-order valence-electron chi connectivity index (χ4n) is 1.01. The van der Waals surface area contributed by atoms with Crippen LogP contribution in [0, 0.1) is 10.9 Å². The summed E-state index contributed by atoms with van der Waals surface area (Å²) in [6.45, 7) is 0.416. The van der Waals surface area contributed by atoms with E-state index in [2.05, 4.69) is 4.98 Å². The molecule has 0 spiro atoms. The summed E-state index contributed by atoms with van der Waals surface area (Å²) in [5, 5.41) is 1.80. The molecular formula is C8H9F3N2OS2. The topological polar surface area (TPSA) is 44.9 Å². The molecule has 16 heavy (non-hydrogen) atoms. The van der Waals surface area contributed by atoms with E-state index in [-0.39, 0.29) is 6.42 Å². The zero-order chi connectivity index (χ0) is 12.3. The average Bonchev–Trinajstić information content (AvgIpc) is 2.41. The maximum atomic E-state index is 11.8. The minimum atomic E-state index is -4.38. The number of halogens is 3. The van der Waals surface area contributed by atoms with Crippen LogP contribution < -0.4 is 5.32 Å². The zero-order valence-electron chi connectivity index (χ0n) is 8.27. The van der Waals surface area contributed by atoms with Crippen LogP contribution >= 0.6 is 23.6 Å². The molecule has 1 rings (SSSR count). The third kappa shape index (κ3) is 4.31. The Kier molecular flexibility index (Phi) is 4.09. The molecule has 2 N–H and O–H groups in total. The Bertz CT molecular complexity index is 435. The van der Waals surface area contributed by atoms with Gasteiger partial charge >= 0.3 is 6.18 Å². The highest BCUT2D eigenvalue weighted by Gasteiger charge is 2.27. The molecule has 0 fully saturated rings. The Balaban J connectivity index is 2.52. The van der Waals surface area contributed by atoms with Crippen LogP contribution in [0.5, 0.6) is 0 Å². The summed E-state index contributed by atoms with van der Waals surface area (Å²) in [5.41, 5.74) is 0.720. The first-order valence-electron chi connectivity index (χ1n) is 4.30. The van der Waals surface area contributed by atoms with Crippen molar-refractivity contribution in [1.29, 1.82) is 0 Å². The average molecular weight is 270 g/mol. The first kappa shape index (κ1) is 13.2. The highest BCUT2D eigenvalue weighted by atomic mass is 32.1. The Hall–Kier alpha value is -0.890. The van der Waals surface area contributed by atoms with Gasteiger partial charge in [0.2, 0.25) is 5.91 Å². The number of H-pyrrole nitrogens is 1. The van der Waals surface area contributed by atoms with Gasteiger partial charge in [0.25, 0.3) is 0 Å². The number of carbonyl (C=O) groups excluding carboxylic acids is 1. The number of alkyl halides is 3. The van der Waals surface area contributed by atoms with Gasteiger partial charge in [-0.25, -0.2) is 0 Å². The van der Waals surface area contributed by atoms with Crippen molar-refractivity contribution in [3.63, 3.8) is 0 Å². The maximum absolute atomic E-state index is 11.8.